The Morgan fingerprint density at radius 3 is 2.80 bits per heavy atom. The van der Waals surface area contributed by atoms with Crippen LogP contribution in [0.15, 0.2) is 42.1 Å². The van der Waals surface area contributed by atoms with E-state index < -0.39 is 0 Å². The van der Waals surface area contributed by atoms with Crippen LogP contribution in [-0.4, -0.2) is 24.7 Å². The summed E-state index contributed by atoms with van der Waals surface area (Å²) < 4.78 is 5.65. The molecule has 20 heavy (non-hydrogen) atoms. The van der Waals surface area contributed by atoms with Crippen LogP contribution in [-0.2, 0) is 20.9 Å². The maximum absolute atomic E-state index is 11.8. The fourth-order valence-corrected chi connectivity index (χ4v) is 2.17. The Morgan fingerprint density at radius 1 is 1.40 bits per heavy atom. The SMILES string of the molecule is CC(=O)/C=C1/NCC(COCc2ccccc2)CC1=O. The number of hydrogen-bond donors (Lipinski definition) is 1. The summed E-state index contributed by atoms with van der Waals surface area (Å²) in [5.41, 5.74) is 1.55. The van der Waals surface area contributed by atoms with Gasteiger partial charge in [-0.1, -0.05) is 30.3 Å². The van der Waals surface area contributed by atoms with Crippen LogP contribution in [0.5, 0.6) is 0 Å². The van der Waals surface area contributed by atoms with Crippen LogP contribution < -0.4 is 5.32 Å². The number of allylic oxidation sites excluding steroid dienone is 2. The predicted molar refractivity (Wildman–Crippen MR) is 76.0 cm³/mol. The van der Waals surface area contributed by atoms with E-state index in [2.05, 4.69) is 5.32 Å². The van der Waals surface area contributed by atoms with Gasteiger partial charge >= 0.3 is 0 Å². The summed E-state index contributed by atoms with van der Waals surface area (Å²) in [7, 11) is 0. The average molecular weight is 273 g/mol. The minimum Gasteiger partial charge on any atom is -0.382 e. The van der Waals surface area contributed by atoms with E-state index in [0.717, 1.165) is 5.56 Å². The molecule has 1 saturated heterocycles. The van der Waals surface area contributed by atoms with Crippen molar-refractivity contribution in [3.8, 4) is 0 Å². The first-order chi connectivity index (χ1) is 9.65. The van der Waals surface area contributed by atoms with Crippen molar-refractivity contribution in [3.05, 3.63) is 47.7 Å². The standard InChI is InChI=1S/C16H19NO3/c1-12(18)7-15-16(19)8-14(9-17-15)11-20-10-13-5-3-2-4-6-13/h2-7,14,17H,8-11H2,1H3/b15-7+. The van der Waals surface area contributed by atoms with Crippen molar-refractivity contribution in [2.45, 2.75) is 20.0 Å². The number of piperidine rings is 1. The van der Waals surface area contributed by atoms with E-state index in [9.17, 15) is 9.59 Å². The Balaban J connectivity index is 1.76. The fourth-order valence-electron chi connectivity index (χ4n) is 2.17. The maximum Gasteiger partial charge on any atom is 0.179 e. The third-order valence-electron chi connectivity index (χ3n) is 3.17. The van der Waals surface area contributed by atoms with Gasteiger partial charge in [0, 0.05) is 25.0 Å². The van der Waals surface area contributed by atoms with E-state index in [0.29, 0.717) is 31.9 Å². The zero-order valence-corrected chi connectivity index (χ0v) is 11.6. The van der Waals surface area contributed by atoms with Crippen LogP contribution in [0.25, 0.3) is 0 Å². The van der Waals surface area contributed by atoms with Crippen LogP contribution in [0.4, 0.5) is 0 Å². The second-order valence-electron chi connectivity index (χ2n) is 5.04. The molecule has 0 amide bonds. The molecule has 1 atom stereocenters. The smallest absolute Gasteiger partial charge is 0.179 e. The lowest BCUT2D eigenvalue weighted by atomic mass is 9.96. The van der Waals surface area contributed by atoms with Gasteiger partial charge in [-0.3, -0.25) is 9.59 Å². The summed E-state index contributed by atoms with van der Waals surface area (Å²) in [6.45, 7) is 3.21. The summed E-state index contributed by atoms with van der Waals surface area (Å²) in [5.74, 6) is 0.0368. The lowest BCUT2D eigenvalue weighted by molar-refractivity contribution is -0.119. The van der Waals surface area contributed by atoms with Gasteiger partial charge in [-0.25, -0.2) is 0 Å². The van der Waals surface area contributed by atoms with Gasteiger partial charge in [-0.15, -0.1) is 0 Å². The molecule has 0 bridgehead atoms. The van der Waals surface area contributed by atoms with Gasteiger partial charge in [-0.2, -0.15) is 0 Å². The molecule has 4 heteroatoms. The molecule has 106 valence electrons. The Kier molecular flexibility index (Phi) is 5.07. The number of ether oxygens (including phenoxy) is 1. The molecule has 1 aliphatic rings. The molecular formula is C16H19NO3. The average Bonchev–Trinajstić information content (AvgIpc) is 2.43. The first-order valence-corrected chi connectivity index (χ1v) is 6.76. The molecule has 0 aromatic heterocycles. The summed E-state index contributed by atoms with van der Waals surface area (Å²) in [4.78, 5) is 22.8. The zero-order valence-electron chi connectivity index (χ0n) is 11.6. The van der Waals surface area contributed by atoms with Crippen LogP contribution in [0, 0.1) is 5.92 Å². The van der Waals surface area contributed by atoms with Crippen molar-refractivity contribution in [2.75, 3.05) is 13.2 Å². The number of hydrogen-bond acceptors (Lipinski definition) is 4. The summed E-state index contributed by atoms with van der Waals surface area (Å²) in [6.07, 6.45) is 1.80. The second-order valence-corrected chi connectivity index (χ2v) is 5.04. The van der Waals surface area contributed by atoms with Crippen LogP contribution in [0.1, 0.15) is 18.9 Å². The van der Waals surface area contributed by atoms with Crippen molar-refractivity contribution in [3.63, 3.8) is 0 Å². The van der Waals surface area contributed by atoms with E-state index >= 15 is 0 Å². The molecule has 1 fully saturated rings. The highest BCUT2D eigenvalue weighted by Crippen LogP contribution is 2.14. The highest BCUT2D eigenvalue weighted by molar-refractivity contribution is 6.02. The normalized spacial score (nSPS) is 20.8. The summed E-state index contributed by atoms with van der Waals surface area (Å²) in [6, 6.07) is 9.94. The van der Waals surface area contributed by atoms with Gasteiger partial charge < -0.3 is 10.1 Å². The summed E-state index contributed by atoms with van der Waals surface area (Å²) in [5, 5.41) is 3.01. The van der Waals surface area contributed by atoms with E-state index in [1.165, 1.54) is 13.0 Å². The number of rotatable bonds is 5. The number of carbonyl (C=O) groups is 2. The van der Waals surface area contributed by atoms with Gasteiger partial charge in [0.2, 0.25) is 0 Å². The topological polar surface area (TPSA) is 55.4 Å². The van der Waals surface area contributed by atoms with Gasteiger partial charge in [0.1, 0.15) is 0 Å². The molecular weight excluding hydrogens is 254 g/mol. The highest BCUT2D eigenvalue weighted by Gasteiger charge is 2.23. The number of nitrogens with one attached hydrogen (secondary N) is 1. The Morgan fingerprint density at radius 2 is 2.15 bits per heavy atom. The molecule has 1 aromatic rings. The largest absolute Gasteiger partial charge is 0.382 e. The molecule has 0 aliphatic carbocycles. The Labute approximate surface area is 118 Å². The molecule has 1 unspecified atom stereocenters. The predicted octanol–water partition coefficient (Wildman–Crippen LogP) is 1.85. The van der Waals surface area contributed by atoms with Crippen molar-refractivity contribution >= 4 is 11.6 Å². The van der Waals surface area contributed by atoms with E-state index in [1.54, 1.807) is 0 Å². The van der Waals surface area contributed by atoms with Crippen molar-refractivity contribution in [1.82, 2.24) is 5.32 Å². The number of benzene rings is 1. The lowest BCUT2D eigenvalue weighted by Gasteiger charge is -2.24. The van der Waals surface area contributed by atoms with Crippen LogP contribution >= 0.6 is 0 Å². The molecule has 1 aliphatic heterocycles. The Bertz CT molecular complexity index is 508. The maximum atomic E-state index is 11.8. The second kappa shape index (κ2) is 7.01. The molecule has 0 radical (unpaired) electrons. The number of Topliss-reactive ketones (excluding diaryl/α,β-unsaturated/α-hetero) is 1. The van der Waals surface area contributed by atoms with Gasteiger partial charge in [0.25, 0.3) is 0 Å². The van der Waals surface area contributed by atoms with E-state index in [1.807, 2.05) is 30.3 Å². The minimum absolute atomic E-state index is 0.0141. The van der Waals surface area contributed by atoms with Crippen molar-refractivity contribution < 1.29 is 14.3 Å². The summed E-state index contributed by atoms with van der Waals surface area (Å²) >= 11 is 0. The van der Waals surface area contributed by atoms with Gasteiger partial charge in [-0.05, 0) is 12.5 Å². The molecule has 0 spiro atoms. The van der Waals surface area contributed by atoms with Crippen LogP contribution in [0.3, 0.4) is 0 Å². The van der Waals surface area contributed by atoms with Gasteiger partial charge in [0.05, 0.1) is 18.9 Å². The van der Waals surface area contributed by atoms with Crippen molar-refractivity contribution in [1.29, 1.82) is 0 Å². The molecule has 2 rings (SSSR count). The third kappa shape index (κ3) is 4.31. The highest BCUT2D eigenvalue weighted by atomic mass is 16.5. The first kappa shape index (κ1) is 14.5. The fraction of sp³-hybridized carbons (Fsp3) is 0.375. The lowest BCUT2D eigenvalue weighted by Crippen LogP contribution is -2.37. The molecule has 0 saturated carbocycles. The number of carbonyl (C=O) groups excluding carboxylic acids is 2. The van der Waals surface area contributed by atoms with Gasteiger partial charge in [0.15, 0.2) is 11.6 Å². The number of ketones is 2. The van der Waals surface area contributed by atoms with Crippen molar-refractivity contribution in [2.24, 2.45) is 5.92 Å². The third-order valence-corrected chi connectivity index (χ3v) is 3.17. The zero-order chi connectivity index (χ0) is 14.4. The van der Waals surface area contributed by atoms with E-state index in [-0.39, 0.29) is 17.5 Å². The molecule has 1 heterocycles. The molecule has 4 nitrogen and oxygen atoms in total. The Hall–Kier alpha value is -1.94. The monoisotopic (exact) mass is 273 g/mol. The molecule has 1 N–H and O–H groups in total. The quantitative estimate of drug-likeness (QED) is 0.832. The van der Waals surface area contributed by atoms with Crippen LogP contribution in [0.2, 0.25) is 0 Å². The molecule has 1 aromatic carbocycles. The minimum atomic E-state index is -0.111. The first-order valence-electron chi connectivity index (χ1n) is 6.76. The van der Waals surface area contributed by atoms with E-state index in [4.69, 9.17) is 4.74 Å².